The zero-order valence-electron chi connectivity index (χ0n) is 19.3. The highest BCUT2D eigenvalue weighted by molar-refractivity contribution is 6.29. The summed E-state index contributed by atoms with van der Waals surface area (Å²) < 4.78 is 35.2. The number of rotatable bonds is 11. The molecule has 0 bridgehead atoms. The number of hydrogen-bond donors (Lipinski definition) is 1. The molecule has 2 aliphatic rings. The van der Waals surface area contributed by atoms with Crippen molar-refractivity contribution in [3.63, 3.8) is 0 Å². The van der Waals surface area contributed by atoms with Gasteiger partial charge in [-0.1, -0.05) is 23.7 Å². The van der Waals surface area contributed by atoms with Crippen LogP contribution in [-0.2, 0) is 25.6 Å². The van der Waals surface area contributed by atoms with Crippen LogP contribution in [0.2, 0.25) is 0 Å². The molecule has 0 aromatic heterocycles. The van der Waals surface area contributed by atoms with Crippen molar-refractivity contribution in [1.82, 2.24) is 0 Å². The van der Waals surface area contributed by atoms with Crippen LogP contribution in [0.5, 0.6) is 11.5 Å². The SMILES string of the molecule is COc1ccc(CO[C@@H]2C[C@@H](CC/C(Cl)=C/CCO)O[C@H]2[C@H]2COC(C)(C)O2)cc1OC. The first kappa shape index (κ1) is 25.3. The summed E-state index contributed by atoms with van der Waals surface area (Å²) >= 11 is 6.27. The molecule has 180 valence electrons. The first-order valence-corrected chi connectivity index (χ1v) is 11.5. The molecule has 7 nitrogen and oxygen atoms in total. The summed E-state index contributed by atoms with van der Waals surface area (Å²) in [5.74, 6) is 0.726. The highest BCUT2D eigenvalue weighted by Crippen LogP contribution is 2.36. The standard InChI is InChI=1S/C24H35ClO7/c1-24(2)30-15-22(32-24)23-21(13-18(31-23)9-8-17(25)6-5-11-26)29-14-16-7-10-19(27-3)20(12-16)28-4/h6-7,10,12,18,21-23,26H,5,8-9,11,13-15H2,1-4H3/b17-6-/t18-,21-,22-,23-/m1/s1. The molecule has 2 heterocycles. The Balaban J connectivity index is 1.64. The molecule has 0 spiro atoms. The van der Waals surface area contributed by atoms with Gasteiger partial charge in [-0.3, -0.25) is 0 Å². The fraction of sp³-hybridized carbons (Fsp3) is 0.667. The minimum Gasteiger partial charge on any atom is -0.493 e. The predicted octanol–water partition coefficient (Wildman–Crippen LogP) is 4.18. The van der Waals surface area contributed by atoms with Crippen LogP contribution in [-0.4, -0.2) is 62.7 Å². The maximum atomic E-state index is 8.96. The summed E-state index contributed by atoms with van der Waals surface area (Å²) in [6.07, 6.45) is 4.13. The van der Waals surface area contributed by atoms with E-state index in [9.17, 15) is 0 Å². The van der Waals surface area contributed by atoms with Crippen LogP contribution in [0.4, 0.5) is 0 Å². The number of methoxy groups -OCH3 is 2. The van der Waals surface area contributed by atoms with E-state index >= 15 is 0 Å². The number of aliphatic hydroxyl groups is 1. The predicted molar refractivity (Wildman–Crippen MR) is 121 cm³/mol. The molecular formula is C24H35ClO7. The zero-order valence-corrected chi connectivity index (χ0v) is 20.1. The van der Waals surface area contributed by atoms with E-state index in [-0.39, 0.29) is 31.0 Å². The second kappa shape index (κ2) is 11.7. The van der Waals surface area contributed by atoms with Crippen molar-refractivity contribution in [2.24, 2.45) is 0 Å². The van der Waals surface area contributed by atoms with E-state index in [2.05, 4.69) is 0 Å². The van der Waals surface area contributed by atoms with Crippen LogP contribution in [0.25, 0.3) is 0 Å². The molecule has 0 unspecified atom stereocenters. The molecule has 32 heavy (non-hydrogen) atoms. The van der Waals surface area contributed by atoms with E-state index in [0.717, 1.165) is 23.4 Å². The fourth-order valence-electron chi connectivity index (χ4n) is 4.11. The van der Waals surface area contributed by atoms with Crippen LogP contribution in [0.3, 0.4) is 0 Å². The quantitative estimate of drug-likeness (QED) is 0.519. The first-order valence-electron chi connectivity index (χ1n) is 11.1. The molecule has 2 saturated heterocycles. The van der Waals surface area contributed by atoms with E-state index in [1.54, 1.807) is 14.2 Å². The Morgan fingerprint density at radius 2 is 2.03 bits per heavy atom. The summed E-state index contributed by atoms with van der Waals surface area (Å²) in [6.45, 7) is 4.80. The van der Waals surface area contributed by atoms with Crippen LogP contribution in [0.1, 0.15) is 45.1 Å². The molecule has 3 rings (SSSR count). The van der Waals surface area contributed by atoms with Crippen molar-refractivity contribution in [3.05, 3.63) is 34.9 Å². The molecule has 1 aromatic carbocycles. The largest absolute Gasteiger partial charge is 0.493 e. The van der Waals surface area contributed by atoms with Gasteiger partial charge in [0.1, 0.15) is 12.2 Å². The number of benzene rings is 1. The van der Waals surface area contributed by atoms with Gasteiger partial charge in [-0.05, 0) is 50.8 Å². The van der Waals surface area contributed by atoms with Crippen LogP contribution >= 0.6 is 11.6 Å². The van der Waals surface area contributed by atoms with Crippen LogP contribution < -0.4 is 9.47 Å². The van der Waals surface area contributed by atoms with E-state index in [1.165, 1.54) is 0 Å². The Morgan fingerprint density at radius 3 is 2.69 bits per heavy atom. The zero-order chi connectivity index (χ0) is 23.1. The van der Waals surface area contributed by atoms with E-state index in [1.807, 2.05) is 38.1 Å². The maximum Gasteiger partial charge on any atom is 0.163 e. The molecule has 2 fully saturated rings. The third kappa shape index (κ3) is 6.83. The van der Waals surface area contributed by atoms with Gasteiger partial charge in [-0.25, -0.2) is 0 Å². The Morgan fingerprint density at radius 1 is 1.25 bits per heavy atom. The second-order valence-corrected chi connectivity index (χ2v) is 9.05. The molecule has 4 atom stereocenters. The fourth-order valence-corrected chi connectivity index (χ4v) is 4.33. The number of allylic oxidation sites excluding steroid dienone is 1. The summed E-state index contributed by atoms with van der Waals surface area (Å²) in [4.78, 5) is 0. The van der Waals surface area contributed by atoms with Crippen LogP contribution in [0, 0.1) is 0 Å². The molecule has 0 amide bonds. The van der Waals surface area contributed by atoms with Crippen LogP contribution in [0.15, 0.2) is 29.3 Å². The van der Waals surface area contributed by atoms with Crippen molar-refractivity contribution in [1.29, 1.82) is 0 Å². The maximum absolute atomic E-state index is 8.96. The highest BCUT2D eigenvalue weighted by atomic mass is 35.5. The van der Waals surface area contributed by atoms with Crippen molar-refractivity contribution < 1.29 is 33.5 Å². The molecule has 0 saturated carbocycles. The van der Waals surface area contributed by atoms with Gasteiger partial charge in [0, 0.05) is 18.1 Å². The molecule has 8 heteroatoms. The second-order valence-electron chi connectivity index (χ2n) is 8.57. The number of hydrogen-bond acceptors (Lipinski definition) is 7. The Hall–Kier alpha value is -1.35. The molecular weight excluding hydrogens is 436 g/mol. The van der Waals surface area contributed by atoms with Crippen molar-refractivity contribution in [2.45, 2.75) is 76.3 Å². The molecule has 2 aliphatic heterocycles. The van der Waals surface area contributed by atoms with Gasteiger partial charge in [0.05, 0.1) is 39.6 Å². The highest BCUT2D eigenvalue weighted by Gasteiger charge is 2.46. The lowest BCUT2D eigenvalue weighted by Crippen LogP contribution is -2.38. The van der Waals surface area contributed by atoms with Gasteiger partial charge in [-0.2, -0.15) is 0 Å². The third-order valence-corrected chi connectivity index (χ3v) is 6.06. The minimum atomic E-state index is -0.629. The van der Waals surface area contributed by atoms with E-state index in [4.69, 9.17) is 45.1 Å². The van der Waals surface area contributed by atoms with Gasteiger partial charge in [0.15, 0.2) is 17.3 Å². The van der Waals surface area contributed by atoms with Gasteiger partial charge in [0.2, 0.25) is 0 Å². The van der Waals surface area contributed by atoms with Gasteiger partial charge in [-0.15, -0.1) is 0 Å². The first-order chi connectivity index (χ1) is 15.3. The minimum absolute atomic E-state index is 0.0130. The molecule has 0 radical (unpaired) electrons. The lowest BCUT2D eigenvalue weighted by atomic mass is 10.0. The Bertz CT molecular complexity index is 767. The topological polar surface area (TPSA) is 75.6 Å². The summed E-state index contributed by atoms with van der Waals surface area (Å²) in [7, 11) is 3.23. The third-order valence-electron chi connectivity index (χ3n) is 5.72. The van der Waals surface area contributed by atoms with Gasteiger partial charge in [0.25, 0.3) is 0 Å². The summed E-state index contributed by atoms with van der Waals surface area (Å²) in [5, 5.41) is 9.70. The Labute approximate surface area is 195 Å². The van der Waals surface area contributed by atoms with Crippen molar-refractivity contribution in [3.8, 4) is 11.5 Å². The normalized spacial score (nSPS) is 27.6. The average molecular weight is 471 g/mol. The smallest absolute Gasteiger partial charge is 0.163 e. The van der Waals surface area contributed by atoms with Gasteiger partial charge < -0.3 is 33.5 Å². The van der Waals surface area contributed by atoms with Crippen molar-refractivity contribution >= 4 is 11.6 Å². The molecule has 1 N–H and O–H groups in total. The number of halogens is 1. The van der Waals surface area contributed by atoms with E-state index < -0.39 is 5.79 Å². The number of ether oxygens (including phenoxy) is 6. The average Bonchev–Trinajstić information content (AvgIpc) is 3.36. The lowest BCUT2D eigenvalue weighted by molar-refractivity contribution is -0.164. The monoisotopic (exact) mass is 470 g/mol. The van der Waals surface area contributed by atoms with E-state index in [0.29, 0.717) is 37.6 Å². The molecule has 1 aromatic rings. The summed E-state index contributed by atoms with van der Waals surface area (Å²) in [6, 6.07) is 5.76. The Kier molecular flexibility index (Phi) is 9.22. The van der Waals surface area contributed by atoms with Crippen molar-refractivity contribution in [2.75, 3.05) is 27.4 Å². The number of aliphatic hydroxyl groups excluding tert-OH is 1. The van der Waals surface area contributed by atoms with Gasteiger partial charge >= 0.3 is 0 Å². The summed E-state index contributed by atoms with van der Waals surface area (Å²) in [5.41, 5.74) is 0.990. The lowest BCUT2D eigenvalue weighted by Gasteiger charge is -2.25. The molecule has 0 aliphatic carbocycles.